The zero-order valence-electron chi connectivity index (χ0n) is 16.0. The minimum atomic E-state index is -0.585. The molecule has 0 aromatic carbocycles. The van der Waals surface area contributed by atoms with E-state index in [-0.39, 0.29) is 18.9 Å². The first-order chi connectivity index (χ1) is 10.8. The van der Waals surface area contributed by atoms with Gasteiger partial charge < -0.3 is 15.4 Å². The predicted molar refractivity (Wildman–Crippen MR) is 92.8 cm³/mol. The number of ether oxygens (including phenoxy) is 1. The van der Waals surface area contributed by atoms with Crippen LogP contribution >= 0.6 is 0 Å². The van der Waals surface area contributed by atoms with Crippen molar-refractivity contribution in [2.45, 2.75) is 66.0 Å². The molecule has 1 rings (SSSR count). The average Bonchev–Trinajstić information content (AvgIpc) is 2.61. The molecule has 7 nitrogen and oxygen atoms in total. The number of amides is 2. The third-order valence-corrected chi connectivity index (χ3v) is 3.55. The fourth-order valence-corrected chi connectivity index (χ4v) is 2.31. The van der Waals surface area contributed by atoms with Crippen LogP contribution in [0, 0.1) is 13.8 Å². The Labute approximate surface area is 144 Å². The first-order valence-corrected chi connectivity index (χ1v) is 8.08. The Morgan fingerprint density at radius 3 is 2.21 bits per heavy atom. The highest BCUT2D eigenvalue weighted by Gasteiger charge is 2.24. The first-order valence-electron chi connectivity index (χ1n) is 8.08. The number of aryl methyl sites for hydroxylation is 2. The predicted octanol–water partition coefficient (Wildman–Crippen LogP) is 2.00. The van der Waals surface area contributed by atoms with Crippen molar-refractivity contribution in [3.63, 3.8) is 0 Å². The van der Waals surface area contributed by atoms with Crippen LogP contribution in [-0.2, 0) is 23.0 Å². The van der Waals surface area contributed by atoms with E-state index in [1.807, 2.05) is 34.7 Å². The second-order valence-electron chi connectivity index (χ2n) is 7.74. The summed E-state index contributed by atoms with van der Waals surface area (Å²) < 4.78 is 6.97. The molecule has 0 fully saturated rings. The van der Waals surface area contributed by atoms with Crippen LogP contribution in [0.4, 0.5) is 4.79 Å². The van der Waals surface area contributed by atoms with E-state index in [9.17, 15) is 9.59 Å². The molecule has 24 heavy (non-hydrogen) atoms. The Hall–Kier alpha value is -2.05. The molecule has 0 aliphatic rings. The molecule has 2 N–H and O–H groups in total. The Morgan fingerprint density at radius 1 is 1.17 bits per heavy atom. The maximum Gasteiger partial charge on any atom is 0.407 e. The van der Waals surface area contributed by atoms with Crippen molar-refractivity contribution in [2.75, 3.05) is 6.54 Å². The van der Waals surface area contributed by atoms with Gasteiger partial charge in [-0.15, -0.1) is 0 Å². The normalized spacial score (nSPS) is 12.0. The van der Waals surface area contributed by atoms with E-state index in [2.05, 4.69) is 15.7 Å². The van der Waals surface area contributed by atoms with Crippen LogP contribution in [0.1, 0.15) is 51.6 Å². The van der Waals surface area contributed by atoms with Gasteiger partial charge in [-0.25, -0.2) is 4.79 Å². The lowest BCUT2D eigenvalue weighted by Gasteiger charge is -2.28. The van der Waals surface area contributed by atoms with Crippen LogP contribution in [0.3, 0.4) is 0 Å². The number of hydrogen-bond acceptors (Lipinski definition) is 4. The van der Waals surface area contributed by atoms with Crippen molar-refractivity contribution in [3.8, 4) is 0 Å². The van der Waals surface area contributed by atoms with Crippen molar-refractivity contribution in [1.29, 1.82) is 0 Å². The first kappa shape index (κ1) is 20.0. The summed E-state index contributed by atoms with van der Waals surface area (Å²) in [5.41, 5.74) is 1.64. The van der Waals surface area contributed by atoms with Crippen LogP contribution < -0.4 is 10.6 Å². The largest absolute Gasteiger partial charge is 0.444 e. The molecular weight excluding hydrogens is 308 g/mol. The van der Waals surface area contributed by atoms with Crippen molar-refractivity contribution in [2.24, 2.45) is 7.05 Å². The molecule has 0 unspecified atom stereocenters. The van der Waals surface area contributed by atoms with Gasteiger partial charge in [-0.05, 0) is 48.5 Å². The number of hydrogen-bond donors (Lipinski definition) is 2. The topological polar surface area (TPSA) is 85.3 Å². The van der Waals surface area contributed by atoms with Gasteiger partial charge in [-0.1, -0.05) is 0 Å². The fraction of sp³-hybridized carbons (Fsp3) is 0.706. The zero-order chi connectivity index (χ0) is 18.7. The molecule has 0 aliphatic carbocycles. The van der Waals surface area contributed by atoms with Gasteiger partial charge in [0.15, 0.2) is 0 Å². The van der Waals surface area contributed by atoms with Gasteiger partial charge >= 0.3 is 6.09 Å². The third kappa shape index (κ3) is 6.22. The maximum absolute atomic E-state index is 12.3. The van der Waals surface area contributed by atoms with E-state index >= 15 is 0 Å². The highest BCUT2D eigenvalue weighted by Crippen LogP contribution is 2.13. The molecule has 1 aromatic rings. The number of aromatic nitrogens is 2. The van der Waals surface area contributed by atoms with Gasteiger partial charge in [0.25, 0.3) is 0 Å². The number of nitrogens with one attached hydrogen (secondary N) is 2. The minimum Gasteiger partial charge on any atom is -0.444 e. The smallest absolute Gasteiger partial charge is 0.407 e. The Balaban J connectivity index is 2.57. The summed E-state index contributed by atoms with van der Waals surface area (Å²) in [5.74, 6) is -0.106. The van der Waals surface area contributed by atoms with Gasteiger partial charge in [0.05, 0.1) is 17.7 Å². The van der Waals surface area contributed by atoms with Crippen LogP contribution in [0.25, 0.3) is 0 Å². The van der Waals surface area contributed by atoms with Crippen molar-refractivity contribution >= 4 is 12.0 Å². The van der Waals surface area contributed by atoms with E-state index in [0.29, 0.717) is 0 Å². The number of rotatable bonds is 5. The molecule has 0 radical (unpaired) electrons. The Bertz CT molecular complexity index is 612. The summed E-state index contributed by atoms with van der Waals surface area (Å²) in [4.78, 5) is 24.0. The van der Waals surface area contributed by atoms with E-state index < -0.39 is 17.2 Å². The minimum absolute atomic E-state index is 0.106. The van der Waals surface area contributed by atoms with E-state index in [4.69, 9.17) is 4.74 Å². The quantitative estimate of drug-likeness (QED) is 0.860. The monoisotopic (exact) mass is 338 g/mol. The van der Waals surface area contributed by atoms with Gasteiger partial charge in [0.1, 0.15) is 5.60 Å². The van der Waals surface area contributed by atoms with E-state index in [0.717, 1.165) is 17.0 Å². The molecule has 0 aliphatic heterocycles. The number of alkyl carbamates (subject to hydrolysis) is 1. The lowest BCUT2D eigenvalue weighted by Crippen LogP contribution is -2.52. The van der Waals surface area contributed by atoms with Crippen molar-refractivity contribution in [3.05, 3.63) is 17.0 Å². The third-order valence-electron chi connectivity index (χ3n) is 3.55. The lowest BCUT2D eigenvalue weighted by molar-refractivity contribution is -0.122. The molecule has 1 heterocycles. The standard InChI is InChI=1S/C17H30N4O3/c1-11-13(12(2)21(8)20-11)9-14(22)19-17(6,7)10-18-15(23)24-16(3,4)5/h9-10H2,1-8H3,(H,18,23)(H,19,22). The summed E-state index contributed by atoms with van der Waals surface area (Å²) in [6.07, 6.45) is -0.231. The molecule has 0 atom stereocenters. The lowest BCUT2D eigenvalue weighted by atomic mass is 10.0. The molecular formula is C17H30N4O3. The molecule has 7 heteroatoms. The number of carbonyl (C=O) groups is 2. The van der Waals surface area contributed by atoms with Crippen LogP contribution in [0.5, 0.6) is 0 Å². The second-order valence-corrected chi connectivity index (χ2v) is 7.74. The summed E-state index contributed by atoms with van der Waals surface area (Å²) in [7, 11) is 1.86. The van der Waals surface area contributed by atoms with E-state index in [1.54, 1.807) is 25.5 Å². The molecule has 0 saturated heterocycles. The Morgan fingerprint density at radius 2 is 1.75 bits per heavy atom. The van der Waals surface area contributed by atoms with Crippen LogP contribution in [0.15, 0.2) is 0 Å². The summed E-state index contributed by atoms with van der Waals surface area (Å²) >= 11 is 0. The van der Waals surface area contributed by atoms with Crippen LogP contribution in [0.2, 0.25) is 0 Å². The molecule has 2 amide bonds. The van der Waals surface area contributed by atoms with Gasteiger partial charge in [-0.2, -0.15) is 5.10 Å². The van der Waals surface area contributed by atoms with Crippen LogP contribution in [-0.4, -0.2) is 39.5 Å². The van der Waals surface area contributed by atoms with E-state index in [1.165, 1.54) is 0 Å². The maximum atomic E-state index is 12.3. The zero-order valence-corrected chi connectivity index (χ0v) is 16.0. The highest BCUT2D eigenvalue weighted by molar-refractivity contribution is 5.80. The summed E-state index contributed by atoms with van der Waals surface area (Å²) in [6.45, 7) is 13.2. The molecule has 0 bridgehead atoms. The highest BCUT2D eigenvalue weighted by atomic mass is 16.6. The van der Waals surface area contributed by atoms with Crippen molar-refractivity contribution < 1.29 is 14.3 Å². The fourth-order valence-electron chi connectivity index (χ4n) is 2.31. The SMILES string of the molecule is Cc1nn(C)c(C)c1CC(=O)NC(C)(C)CNC(=O)OC(C)(C)C. The second kappa shape index (κ2) is 7.23. The van der Waals surface area contributed by atoms with Gasteiger partial charge in [-0.3, -0.25) is 9.48 Å². The van der Waals surface area contributed by atoms with Gasteiger partial charge in [0.2, 0.25) is 5.91 Å². The molecule has 1 aromatic heterocycles. The van der Waals surface area contributed by atoms with Crippen molar-refractivity contribution in [1.82, 2.24) is 20.4 Å². The average molecular weight is 338 g/mol. The summed E-state index contributed by atoms with van der Waals surface area (Å²) in [5, 5.41) is 9.94. The number of nitrogens with zero attached hydrogens (tertiary/aromatic N) is 2. The molecule has 0 spiro atoms. The molecule has 136 valence electrons. The Kier molecular flexibility index (Phi) is 6.03. The summed E-state index contributed by atoms with van der Waals surface area (Å²) in [6, 6.07) is 0. The molecule has 0 saturated carbocycles. The number of carbonyl (C=O) groups excluding carboxylic acids is 2. The van der Waals surface area contributed by atoms with Gasteiger partial charge in [0, 0.05) is 24.8 Å².